The van der Waals surface area contributed by atoms with Crippen molar-refractivity contribution in [1.82, 2.24) is 42.1 Å². The Morgan fingerprint density at radius 3 is 1.46 bits per heavy atom. The first-order valence-electron chi connectivity index (χ1n) is 45.7. The number of fused-ring (bicyclic) bond motifs is 1. The van der Waals surface area contributed by atoms with Crippen molar-refractivity contribution in [1.29, 1.82) is 0 Å². The van der Waals surface area contributed by atoms with Crippen molar-refractivity contribution < 1.29 is 147 Å². The number of phenolic OH excluding ortho intramolecular Hbond substituents is 2. The molecule has 0 aromatic heterocycles. The van der Waals surface area contributed by atoms with Gasteiger partial charge in [0.05, 0.1) is 126 Å². The third kappa shape index (κ3) is 39.0. The zero-order valence-corrected chi connectivity index (χ0v) is 79.1. The number of aliphatic carboxylic acids is 3. The number of nitro benzene ring substituents is 1. The molecule has 0 bridgehead atoms. The third-order valence-electron chi connectivity index (χ3n) is 23.7. The normalized spacial score (nSPS) is 15.3. The lowest BCUT2D eigenvalue weighted by molar-refractivity contribution is -0.384. The van der Waals surface area contributed by atoms with Gasteiger partial charge in [-0.15, -0.1) is 11.8 Å². The van der Waals surface area contributed by atoms with E-state index >= 15 is 0 Å². The average molecular weight is 1950 g/mol. The molecular weight excluding hydrogens is 1820 g/mol. The number of carboxylic acids is 3. The molecule has 16 atom stereocenters. The summed E-state index contributed by atoms with van der Waals surface area (Å²) in [5, 5.41) is 122. The Balaban J connectivity index is 1.27. The number of non-ortho nitro benzene ring substituents is 1. The molecule has 5 rings (SSSR count). The molecule has 0 spiro atoms. The number of nitrogens with zero attached hydrogens (tertiary/aromatic N) is 2. The van der Waals surface area contributed by atoms with E-state index in [1.54, 1.807) is 65.0 Å². The molecule has 1 heterocycles. The van der Waals surface area contributed by atoms with E-state index in [1.165, 1.54) is 48.5 Å². The topological polar surface area (TPSA) is 680 Å². The first kappa shape index (κ1) is 116. The van der Waals surface area contributed by atoms with Crippen LogP contribution in [0.1, 0.15) is 201 Å². The van der Waals surface area contributed by atoms with Crippen LogP contribution in [0, 0.1) is 63.4 Å². The Morgan fingerprint density at radius 2 is 0.928 bits per heavy atom. The van der Waals surface area contributed by atoms with Gasteiger partial charge in [0.15, 0.2) is 34.7 Å². The number of imide groups is 1. The number of rotatable bonds is 68. The SMILES string of the molecule is CC[C@H](C)[C@H](NC(=O)[C@H](CO)CC(=O)[C@H](Cc1ccc(O)cc1)NC(=O)[C@H](CC(=O)O)CC(=O)[C@H](CO)NC(=O)[C@@H](CC(=O)[C@H](Cc1ccccc1)NC(=O)[C@@H](CC(=O)CNC(=O)[C@H](CCC(=O)O)CC(=O)CSCC(=O)CCCN1C(=O)c2ccc([N+](=O)[O-])cc2C1=O)[C@@H](C)O)[C@@H](C)O)C(=O)C[C@@H](Cc1ccc(O)cc1)C(=O)N[C@@H](CC(C)C)C(=O)C[C@@H](CC(=O)O)C(=O)N[C@H](C)CCCCN. The summed E-state index contributed by atoms with van der Waals surface area (Å²) in [7, 11) is 0. The second-order valence-corrected chi connectivity index (χ2v) is 36.5. The molecule has 18 N–H and O–H groups in total. The van der Waals surface area contributed by atoms with E-state index < -0.39 is 308 Å². The van der Waals surface area contributed by atoms with E-state index in [0.717, 1.165) is 48.7 Å². The smallest absolute Gasteiger partial charge is 0.304 e. The number of thioether (sulfide) groups is 1. The summed E-state index contributed by atoms with van der Waals surface area (Å²) in [5.41, 5.74) is 6.15. The predicted molar refractivity (Wildman–Crippen MR) is 497 cm³/mol. The molecule has 41 nitrogen and oxygen atoms in total. The summed E-state index contributed by atoms with van der Waals surface area (Å²) in [6.07, 6.45) is -10.7. The fourth-order valence-electron chi connectivity index (χ4n) is 15.6. The van der Waals surface area contributed by atoms with Crippen LogP contribution in [0.3, 0.4) is 0 Å². The van der Waals surface area contributed by atoms with Gasteiger partial charge in [0.2, 0.25) is 41.4 Å². The first-order chi connectivity index (χ1) is 65.2. The molecule has 754 valence electrons. The van der Waals surface area contributed by atoms with Crippen LogP contribution in [0.4, 0.5) is 5.69 Å². The maximum atomic E-state index is 14.9. The summed E-state index contributed by atoms with van der Waals surface area (Å²) in [6.45, 7) is 7.83. The summed E-state index contributed by atoms with van der Waals surface area (Å²) in [4.78, 5) is 285. The molecule has 0 aliphatic carbocycles. The van der Waals surface area contributed by atoms with Crippen LogP contribution in [0.25, 0.3) is 0 Å². The van der Waals surface area contributed by atoms with Crippen LogP contribution >= 0.6 is 11.8 Å². The van der Waals surface area contributed by atoms with E-state index in [9.17, 15) is 152 Å². The molecule has 1 aliphatic rings. The lowest BCUT2D eigenvalue weighted by Crippen LogP contribution is -2.52. The molecule has 0 saturated carbocycles. The van der Waals surface area contributed by atoms with Gasteiger partial charge >= 0.3 is 17.9 Å². The van der Waals surface area contributed by atoms with Crippen LogP contribution in [-0.4, -0.2) is 266 Å². The van der Waals surface area contributed by atoms with Gasteiger partial charge in [-0.25, -0.2) is 0 Å². The monoisotopic (exact) mass is 1950 g/mol. The number of nitrogens with two attached hydrogens (primary N) is 1. The van der Waals surface area contributed by atoms with Crippen molar-refractivity contribution in [2.45, 2.75) is 232 Å². The number of aliphatic hydroxyl groups is 4. The number of phenols is 2. The van der Waals surface area contributed by atoms with Gasteiger partial charge in [-0.3, -0.25) is 111 Å². The number of carbonyl (C=O) groups is 20. The molecular formula is C96H128N10O31S. The number of nitrogens with one attached hydrogen (secondary N) is 7. The Kier molecular flexibility index (Phi) is 48.7. The van der Waals surface area contributed by atoms with Crippen molar-refractivity contribution in [2.24, 2.45) is 59.0 Å². The van der Waals surface area contributed by atoms with E-state index in [-0.39, 0.29) is 103 Å². The maximum absolute atomic E-state index is 14.9. The Morgan fingerprint density at radius 1 is 0.449 bits per heavy atom. The van der Waals surface area contributed by atoms with E-state index in [0.29, 0.717) is 36.9 Å². The predicted octanol–water partition coefficient (Wildman–Crippen LogP) is 3.27. The Labute approximate surface area is 801 Å². The minimum atomic E-state index is -2.01. The number of benzene rings is 4. The number of aromatic hydroxyl groups is 2. The molecule has 9 amide bonds. The highest BCUT2D eigenvalue weighted by Gasteiger charge is 2.42. The second-order valence-electron chi connectivity index (χ2n) is 35.5. The van der Waals surface area contributed by atoms with Gasteiger partial charge in [-0.2, -0.15) is 0 Å². The molecule has 0 saturated heterocycles. The van der Waals surface area contributed by atoms with Crippen molar-refractivity contribution in [2.75, 3.05) is 44.4 Å². The second kappa shape index (κ2) is 58.1. The maximum Gasteiger partial charge on any atom is 0.304 e. The number of hydrogen-bond donors (Lipinski definition) is 17. The molecule has 4 aromatic rings. The van der Waals surface area contributed by atoms with Crippen molar-refractivity contribution in [3.05, 3.63) is 135 Å². The summed E-state index contributed by atoms with van der Waals surface area (Å²) < 4.78 is 0. The zero-order chi connectivity index (χ0) is 103. The van der Waals surface area contributed by atoms with Crippen LogP contribution in [0.2, 0.25) is 0 Å². The Hall–Kier alpha value is -12.8. The zero-order valence-electron chi connectivity index (χ0n) is 78.2. The number of carboxylic acid groups (broad SMARTS) is 3. The van der Waals surface area contributed by atoms with Crippen LogP contribution in [-0.2, 0) is 106 Å². The molecule has 138 heavy (non-hydrogen) atoms. The van der Waals surface area contributed by atoms with Crippen LogP contribution < -0.4 is 43.0 Å². The summed E-state index contributed by atoms with van der Waals surface area (Å²) in [6, 6.07) is 13.4. The van der Waals surface area contributed by atoms with Crippen LogP contribution in [0.5, 0.6) is 11.5 Å². The molecule has 0 radical (unpaired) electrons. The largest absolute Gasteiger partial charge is 0.508 e. The minimum Gasteiger partial charge on any atom is -0.508 e. The van der Waals surface area contributed by atoms with E-state index in [2.05, 4.69) is 37.2 Å². The number of hydrogen-bond acceptors (Lipinski definition) is 30. The van der Waals surface area contributed by atoms with E-state index in [4.69, 9.17) is 5.73 Å². The van der Waals surface area contributed by atoms with Gasteiger partial charge in [0.1, 0.15) is 29.1 Å². The number of amides is 9. The highest BCUT2D eigenvalue weighted by Crippen LogP contribution is 2.30. The lowest BCUT2D eigenvalue weighted by Gasteiger charge is -2.28. The van der Waals surface area contributed by atoms with Crippen LogP contribution in [0.15, 0.2) is 97.1 Å². The van der Waals surface area contributed by atoms with Gasteiger partial charge in [0, 0.05) is 94.3 Å². The number of nitro groups is 1. The first-order valence-corrected chi connectivity index (χ1v) is 46.9. The standard InChI is InChI=1S/C96H128N10O31S/c1-8-53(4)87(83(120)40-61(34-58-19-25-66(111)26-20-58)90(129)100-75(33-52(2)3)79(116)38-62(42-85(123)124)89(128)99-54(5)15-12-13-31-97)104-92(131)64(48-107)41-80(117)76(36-59-21-27-67(112)28-22-59)101-91(130)63(43-86(125)126)39-81(118)78(49-108)103-94(133)73(56(7)110)46-82(119)77(35-57-16-10-9-11-17-57)102-93(132)72(55(6)109)45-69(114)47-98-88(127)60(23-30-84(121)122)37-70(115)51-138-50-68(113)18-14-32-105-95(134)71-29-24-65(106(136)137)44-74(71)96(105)135/h9-11,16-17,19-22,24-29,44,52-56,60-64,72-73,75-78,87,107-112H,8,12-15,18,23,30-43,45-51,97H2,1-7H3,(H,98,127)(H,99,128)(H,100,129)(H,101,130)(H,102,132)(H,103,133)(H,104,131)(H,121,122)(H,123,124)(H,125,126)/t53-,54+,55+,56+,60+,61+,62-,63-,64-,72-,73-,75-,76-,77-,78-,87-/m0/s1. The quantitative estimate of drug-likeness (QED) is 0.0130. The molecule has 0 fully saturated rings. The minimum absolute atomic E-state index is 0.0183. The highest BCUT2D eigenvalue weighted by molar-refractivity contribution is 8.00. The number of ketones is 8. The Bertz CT molecular complexity index is 4950. The number of unbranched alkanes of at least 4 members (excludes halogenated alkanes) is 1. The molecule has 4 aromatic carbocycles. The van der Waals surface area contributed by atoms with Crippen molar-refractivity contribution in [3.8, 4) is 11.5 Å². The average Bonchev–Trinajstić information content (AvgIpc) is 1.62. The highest BCUT2D eigenvalue weighted by atomic mass is 32.2. The number of carbonyl (C=O) groups excluding carboxylic acids is 17. The molecule has 1 aliphatic heterocycles. The summed E-state index contributed by atoms with van der Waals surface area (Å²) in [5.74, 6) is -32.4. The number of Topliss-reactive ketones (excluding diaryl/α,β-unsaturated/α-hetero) is 8. The van der Waals surface area contributed by atoms with Gasteiger partial charge in [-0.1, -0.05) is 95.1 Å². The molecule has 0 unspecified atom stereocenters. The molecule has 42 heteroatoms. The van der Waals surface area contributed by atoms with Gasteiger partial charge in [-0.05, 0) is 138 Å². The van der Waals surface area contributed by atoms with Crippen molar-refractivity contribution in [3.63, 3.8) is 0 Å². The van der Waals surface area contributed by atoms with Gasteiger partial charge < -0.3 is 88.9 Å². The summed E-state index contributed by atoms with van der Waals surface area (Å²) >= 11 is 0.870. The number of aliphatic hydroxyl groups excluding tert-OH is 4. The van der Waals surface area contributed by atoms with E-state index in [1.807, 2.05) is 0 Å². The third-order valence-corrected chi connectivity index (χ3v) is 24.8. The fraction of sp³-hybridized carbons (Fsp3) is 0.542. The van der Waals surface area contributed by atoms with Crippen molar-refractivity contribution >= 4 is 135 Å². The fourth-order valence-corrected chi connectivity index (χ4v) is 16.4. The van der Waals surface area contributed by atoms with Gasteiger partial charge in [0.25, 0.3) is 17.5 Å². The lowest BCUT2D eigenvalue weighted by atomic mass is 9.85.